The fourth-order valence-corrected chi connectivity index (χ4v) is 3.10. The van der Waals surface area contributed by atoms with Gasteiger partial charge in [-0.15, -0.1) is 0 Å². The molecule has 0 amide bonds. The number of hydrogen-bond acceptors (Lipinski definition) is 4. The first-order chi connectivity index (χ1) is 12.2. The summed E-state index contributed by atoms with van der Waals surface area (Å²) in [4.78, 5) is 2.32. The molecule has 0 saturated carbocycles. The molecule has 3 rings (SSSR count). The molecule has 0 spiro atoms. The highest BCUT2D eigenvalue weighted by molar-refractivity contribution is 5.82. The van der Waals surface area contributed by atoms with Crippen LogP contribution in [0.1, 0.15) is 19.3 Å². The SMILES string of the molecule is N=C1CCN(CCC(O)COc2ccccc2-c2ccccc2)CC1. The lowest BCUT2D eigenvalue weighted by Gasteiger charge is -2.27. The van der Waals surface area contributed by atoms with Crippen LogP contribution in [0.2, 0.25) is 0 Å². The van der Waals surface area contributed by atoms with Crippen LogP contribution in [0.3, 0.4) is 0 Å². The first kappa shape index (κ1) is 17.6. The van der Waals surface area contributed by atoms with Gasteiger partial charge in [0.25, 0.3) is 0 Å². The minimum atomic E-state index is -0.481. The van der Waals surface area contributed by atoms with Crippen molar-refractivity contribution in [2.45, 2.75) is 25.4 Å². The molecular formula is C21H26N2O2. The van der Waals surface area contributed by atoms with E-state index in [0.717, 1.165) is 55.1 Å². The molecule has 1 fully saturated rings. The van der Waals surface area contributed by atoms with E-state index in [0.29, 0.717) is 13.0 Å². The second kappa shape index (κ2) is 8.79. The van der Waals surface area contributed by atoms with Crippen molar-refractivity contribution >= 4 is 5.71 Å². The normalized spacial score (nSPS) is 16.6. The van der Waals surface area contributed by atoms with E-state index in [2.05, 4.69) is 17.0 Å². The lowest BCUT2D eigenvalue weighted by atomic mass is 10.0. The molecule has 1 unspecified atom stereocenters. The van der Waals surface area contributed by atoms with Gasteiger partial charge in [0.2, 0.25) is 0 Å². The molecule has 132 valence electrons. The molecule has 2 aromatic rings. The summed E-state index contributed by atoms with van der Waals surface area (Å²) in [6, 6.07) is 18.1. The lowest BCUT2D eigenvalue weighted by Crippen LogP contribution is -2.36. The molecule has 0 aliphatic carbocycles. The molecule has 0 radical (unpaired) electrons. The predicted molar refractivity (Wildman–Crippen MR) is 101 cm³/mol. The van der Waals surface area contributed by atoms with Crippen molar-refractivity contribution in [3.63, 3.8) is 0 Å². The van der Waals surface area contributed by atoms with E-state index in [9.17, 15) is 5.11 Å². The topological polar surface area (TPSA) is 56.6 Å². The van der Waals surface area contributed by atoms with Gasteiger partial charge >= 0.3 is 0 Å². The number of nitrogens with zero attached hydrogens (tertiary/aromatic N) is 1. The third kappa shape index (κ3) is 5.15. The summed E-state index contributed by atoms with van der Waals surface area (Å²) in [5, 5.41) is 17.9. The fraction of sp³-hybridized carbons (Fsp3) is 0.381. The van der Waals surface area contributed by atoms with Crippen molar-refractivity contribution in [3.05, 3.63) is 54.6 Å². The number of likely N-dealkylation sites (tertiary alicyclic amines) is 1. The minimum absolute atomic E-state index is 0.299. The highest BCUT2D eigenvalue weighted by atomic mass is 16.5. The van der Waals surface area contributed by atoms with Crippen molar-refractivity contribution in [2.75, 3.05) is 26.2 Å². The van der Waals surface area contributed by atoms with Crippen molar-refractivity contribution in [3.8, 4) is 16.9 Å². The van der Waals surface area contributed by atoms with E-state index >= 15 is 0 Å². The Hall–Kier alpha value is -2.17. The van der Waals surface area contributed by atoms with Crippen LogP contribution >= 0.6 is 0 Å². The third-order valence-corrected chi connectivity index (χ3v) is 4.64. The molecule has 1 saturated heterocycles. The molecule has 1 aliphatic rings. The number of benzene rings is 2. The minimum Gasteiger partial charge on any atom is -0.490 e. The number of hydrogen-bond donors (Lipinski definition) is 2. The van der Waals surface area contributed by atoms with Gasteiger partial charge in [-0.1, -0.05) is 48.5 Å². The van der Waals surface area contributed by atoms with E-state index in [1.165, 1.54) is 0 Å². The van der Waals surface area contributed by atoms with Crippen LogP contribution in [0, 0.1) is 5.41 Å². The molecule has 4 nitrogen and oxygen atoms in total. The van der Waals surface area contributed by atoms with Crippen molar-refractivity contribution < 1.29 is 9.84 Å². The smallest absolute Gasteiger partial charge is 0.127 e. The average Bonchev–Trinajstić information content (AvgIpc) is 2.67. The highest BCUT2D eigenvalue weighted by Crippen LogP contribution is 2.29. The first-order valence-corrected chi connectivity index (χ1v) is 8.96. The molecule has 1 aliphatic heterocycles. The van der Waals surface area contributed by atoms with Crippen LogP contribution in [-0.4, -0.2) is 48.1 Å². The van der Waals surface area contributed by atoms with Gasteiger partial charge in [0.15, 0.2) is 0 Å². The quantitative estimate of drug-likeness (QED) is 0.811. The summed E-state index contributed by atoms with van der Waals surface area (Å²) in [7, 11) is 0. The zero-order valence-electron chi connectivity index (χ0n) is 14.5. The predicted octanol–water partition coefficient (Wildman–Crippen LogP) is 3.60. The van der Waals surface area contributed by atoms with Crippen LogP contribution in [0.15, 0.2) is 54.6 Å². The van der Waals surface area contributed by atoms with E-state index in [1.54, 1.807) is 0 Å². The van der Waals surface area contributed by atoms with Crippen molar-refractivity contribution in [1.29, 1.82) is 5.41 Å². The number of rotatable bonds is 7. The Labute approximate surface area is 149 Å². The Bertz CT molecular complexity index is 677. The molecule has 1 heterocycles. The van der Waals surface area contributed by atoms with Crippen LogP contribution in [0.5, 0.6) is 5.75 Å². The number of ether oxygens (including phenoxy) is 1. The Morgan fingerprint density at radius 2 is 1.68 bits per heavy atom. The van der Waals surface area contributed by atoms with Gasteiger partial charge in [0, 0.05) is 30.9 Å². The van der Waals surface area contributed by atoms with Gasteiger partial charge in [0.05, 0.1) is 6.10 Å². The second-order valence-corrected chi connectivity index (χ2v) is 6.56. The molecular weight excluding hydrogens is 312 g/mol. The Kier molecular flexibility index (Phi) is 6.20. The zero-order valence-corrected chi connectivity index (χ0v) is 14.5. The molecule has 2 N–H and O–H groups in total. The number of piperidine rings is 1. The maximum atomic E-state index is 10.3. The van der Waals surface area contributed by atoms with Crippen LogP contribution in [0.4, 0.5) is 0 Å². The Balaban J connectivity index is 1.51. The zero-order chi connectivity index (χ0) is 17.5. The summed E-state index contributed by atoms with van der Waals surface area (Å²) < 4.78 is 5.91. The third-order valence-electron chi connectivity index (χ3n) is 4.64. The van der Waals surface area contributed by atoms with Crippen LogP contribution in [0.25, 0.3) is 11.1 Å². The van der Waals surface area contributed by atoms with E-state index in [1.807, 2.05) is 42.5 Å². The summed E-state index contributed by atoms with van der Waals surface area (Å²) in [6.45, 7) is 3.03. The van der Waals surface area contributed by atoms with E-state index < -0.39 is 6.10 Å². The summed E-state index contributed by atoms with van der Waals surface area (Å²) >= 11 is 0. The van der Waals surface area contributed by atoms with Crippen molar-refractivity contribution in [1.82, 2.24) is 4.90 Å². The van der Waals surface area contributed by atoms with Gasteiger partial charge in [-0.25, -0.2) is 0 Å². The fourth-order valence-electron chi connectivity index (χ4n) is 3.10. The maximum absolute atomic E-state index is 10.3. The molecule has 2 aromatic carbocycles. The molecule has 0 bridgehead atoms. The Morgan fingerprint density at radius 1 is 1.00 bits per heavy atom. The highest BCUT2D eigenvalue weighted by Gasteiger charge is 2.15. The maximum Gasteiger partial charge on any atom is 0.127 e. The van der Waals surface area contributed by atoms with Gasteiger partial charge in [0.1, 0.15) is 12.4 Å². The van der Waals surface area contributed by atoms with Crippen molar-refractivity contribution in [2.24, 2.45) is 0 Å². The summed E-state index contributed by atoms with van der Waals surface area (Å²) in [5.74, 6) is 0.805. The number of para-hydroxylation sites is 1. The molecule has 0 aromatic heterocycles. The van der Waals surface area contributed by atoms with Crippen LogP contribution < -0.4 is 4.74 Å². The Morgan fingerprint density at radius 3 is 2.44 bits per heavy atom. The summed E-state index contributed by atoms with van der Waals surface area (Å²) in [5.41, 5.74) is 3.01. The number of aliphatic hydroxyl groups excluding tert-OH is 1. The molecule has 25 heavy (non-hydrogen) atoms. The largest absolute Gasteiger partial charge is 0.490 e. The average molecular weight is 338 g/mol. The van der Waals surface area contributed by atoms with Gasteiger partial charge in [-0.2, -0.15) is 0 Å². The lowest BCUT2D eigenvalue weighted by molar-refractivity contribution is 0.0876. The van der Waals surface area contributed by atoms with Gasteiger partial charge in [-0.05, 0) is 30.9 Å². The molecule has 4 heteroatoms. The number of nitrogens with one attached hydrogen (secondary N) is 1. The second-order valence-electron chi connectivity index (χ2n) is 6.56. The van der Waals surface area contributed by atoms with Gasteiger partial charge in [-0.3, -0.25) is 0 Å². The van der Waals surface area contributed by atoms with Gasteiger partial charge < -0.3 is 20.2 Å². The summed E-state index contributed by atoms with van der Waals surface area (Å²) in [6.07, 6.45) is 1.93. The molecule has 1 atom stereocenters. The monoisotopic (exact) mass is 338 g/mol. The first-order valence-electron chi connectivity index (χ1n) is 8.96. The standard InChI is InChI=1S/C21H26N2O2/c22-18-10-13-23(14-11-18)15-12-19(24)16-25-21-9-5-4-8-20(21)17-6-2-1-3-7-17/h1-9,19,22,24H,10-16H2. The van der Waals surface area contributed by atoms with E-state index in [-0.39, 0.29) is 0 Å². The van der Waals surface area contributed by atoms with Crippen LogP contribution in [-0.2, 0) is 0 Å². The number of aliphatic hydroxyl groups is 1. The van der Waals surface area contributed by atoms with E-state index in [4.69, 9.17) is 10.1 Å².